The van der Waals surface area contributed by atoms with Gasteiger partial charge in [-0.1, -0.05) is 11.6 Å². The van der Waals surface area contributed by atoms with Crippen LogP contribution < -0.4 is 0 Å². The number of nitrogens with zero attached hydrogens (tertiary/aromatic N) is 2. The fourth-order valence-corrected chi connectivity index (χ4v) is 3.72. The molecule has 0 atom stereocenters. The standard InChI is InChI=1S/C17H14ClIN2OS/c1-11-20-13(4-7-15(22)16-8-9-17(18)23-16)10-21(11)14-5-2-12(19)3-6-14/h2-3,5-6,8-10H,4,7H2,1H3. The molecule has 2 aromatic heterocycles. The summed E-state index contributed by atoms with van der Waals surface area (Å²) in [6, 6.07) is 11.8. The van der Waals surface area contributed by atoms with Crippen LogP contribution in [0.2, 0.25) is 4.34 Å². The quantitative estimate of drug-likeness (QED) is 0.385. The van der Waals surface area contributed by atoms with Gasteiger partial charge in [0, 0.05) is 21.9 Å². The molecule has 0 saturated carbocycles. The first-order chi connectivity index (χ1) is 11.0. The number of thiophene rings is 1. The van der Waals surface area contributed by atoms with Gasteiger partial charge >= 0.3 is 0 Å². The van der Waals surface area contributed by atoms with Crippen molar-refractivity contribution in [3.8, 4) is 5.69 Å². The number of rotatable bonds is 5. The number of halogens is 2. The van der Waals surface area contributed by atoms with Gasteiger partial charge in [0.1, 0.15) is 5.82 Å². The largest absolute Gasteiger partial charge is 0.304 e. The van der Waals surface area contributed by atoms with E-state index in [1.807, 2.05) is 13.1 Å². The maximum atomic E-state index is 12.1. The molecule has 118 valence electrons. The number of hydrogen-bond acceptors (Lipinski definition) is 3. The van der Waals surface area contributed by atoms with Gasteiger partial charge in [0.15, 0.2) is 5.78 Å². The fraction of sp³-hybridized carbons (Fsp3) is 0.176. The second-order valence-corrected chi connectivity index (χ2v) is 8.11. The minimum absolute atomic E-state index is 0.114. The van der Waals surface area contributed by atoms with Crippen LogP contribution in [0.3, 0.4) is 0 Å². The predicted molar refractivity (Wildman–Crippen MR) is 103 cm³/mol. The number of ketones is 1. The van der Waals surface area contributed by atoms with Gasteiger partial charge in [0.25, 0.3) is 0 Å². The van der Waals surface area contributed by atoms with Gasteiger partial charge in [-0.2, -0.15) is 0 Å². The van der Waals surface area contributed by atoms with E-state index in [1.165, 1.54) is 14.9 Å². The first kappa shape index (κ1) is 16.7. The summed E-state index contributed by atoms with van der Waals surface area (Å²) < 4.78 is 3.90. The van der Waals surface area contributed by atoms with E-state index in [-0.39, 0.29) is 5.78 Å². The molecule has 0 radical (unpaired) electrons. The topological polar surface area (TPSA) is 34.9 Å². The number of aryl methyl sites for hydroxylation is 2. The van der Waals surface area contributed by atoms with Crippen molar-refractivity contribution in [1.82, 2.24) is 9.55 Å². The summed E-state index contributed by atoms with van der Waals surface area (Å²) in [6.45, 7) is 1.97. The van der Waals surface area contributed by atoms with E-state index in [0.29, 0.717) is 22.1 Å². The molecule has 0 aliphatic rings. The molecule has 0 bridgehead atoms. The van der Waals surface area contributed by atoms with Crippen molar-refractivity contribution in [2.24, 2.45) is 0 Å². The molecule has 0 N–H and O–H groups in total. The van der Waals surface area contributed by atoms with Gasteiger partial charge in [-0.15, -0.1) is 11.3 Å². The van der Waals surface area contributed by atoms with Crippen molar-refractivity contribution in [1.29, 1.82) is 0 Å². The van der Waals surface area contributed by atoms with Crippen LogP contribution in [0, 0.1) is 10.5 Å². The number of benzene rings is 1. The molecular weight excluding hydrogens is 443 g/mol. The van der Waals surface area contributed by atoms with Crippen molar-refractivity contribution in [2.45, 2.75) is 19.8 Å². The van der Waals surface area contributed by atoms with Crippen molar-refractivity contribution in [2.75, 3.05) is 0 Å². The highest BCUT2D eigenvalue weighted by molar-refractivity contribution is 14.1. The summed E-state index contributed by atoms with van der Waals surface area (Å²) >= 11 is 9.49. The summed E-state index contributed by atoms with van der Waals surface area (Å²) in [5, 5.41) is 0. The zero-order valence-corrected chi connectivity index (χ0v) is 16.2. The molecule has 23 heavy (non-hydrogen) atoms. The lowest BCUT2D eigenvalue weighted by Gasteiger charge is -2.04. The molecule has 2 heterocycles. The number of aromatic nitrogens is 2. The highest BCUT2D eigenvalue weighted by atomic mass is 127. The Balaban J connectivity index is 1.71. The number of hydrogen-bond donors (Lipinski definition) is 0. The van der Waals surface area contributed by atoms with Crippen LogP contribution in [-0.2, 0) is 6.42 Å². The van der Waals surface area contributed by atoms with E-state index in [2.05, 4.69) is 56.4 Å². The lowest BCUT2D eigenvalue weighted by atomic mass is 10.1. The number of Topliss-reactive ketones (excluding diaryl/α,β-unsaturated/α-hetero) is 1. The van der Waals surface area contributed by atoms with Gasteiger partial charge in [-0.05, 0) is 72.3 Å². The lowest BCUT2D eigenvalue weighted by Crippen LogP contribution is -1.98. The molecule has 0 aliphatic heterocycles. The van der Waals surface area contributed by atoms with E-state index in [9.17, 15) is 4.79 Å². The summed E-state index contributed by atoms with van der Waals surface area (Å²) in [7, 11) is 0. The summed E-state index contributed by atoms with van der Waals surface area (Å²) in [5.74, 6) is 1.04. The monoisotopic (exact) mass is 456 g/mol. The van der Waals surface area contributed by atoms with Gasteiger partial charge in [-0.25, -0.2) is 4.98 Å². The number of carbonyl (C=O) groups is 1. The van der Waals surface area contributed by atoms with Crippen LogP contribution in [-0.4, -0.2) is 15.3 Å². The predicted octanol–water partition coefficient (Wildman–Crippen LogP) is 5.32. The molecule has 0 saturated heterocycles. The van der Waals surface area contributed by atoms with Crippen LogP contribution in [0.4, 0.5) is 0 Å². The fourth-order valence-electron chi connectivity index (χ4n) is 2.35. The minimum atomic E-state index is 0.114. The number of imidazole rings is 1. The zero-order valence-electron chi connectivity index (χ0n) is 12.4. The highest BCUT2D eigenvalue weighted by Crippen LogP contribution is 2.23. The molecule has 1 aromatic carbocycles. The maximum absolute atomic E-state index is 12.1. The Morgan fingerprint density at radius 1 is 1.26 bits per heavy atom. The molecule has 3 rings (SSSR count). The second-order valence-electron chi connectivity index (χ2n) is 5.15. The third kappa shape index (κ3) is 4.02. The third-order valence-corrected chi connectivity index (χ3v) is 5.48. The number of carbonyl (C=O) groups excluding carboxylic acids is 1. The molecule has 3 nitrogen and oxygen atoms in total. The maximum Gasteiger partial charge on any atom is 0.173 e. The zero-order chi connectivity index (χ0) is 16.4. The van der Waals surface area contributed by atoms with Crippen molar-refractivity contribution in [3.63, 3.8) is 0 Å². The minimum Gasteiger partial charge on any atom is -0.304 e. The Bertz CT molecular complexity index is 839. The highest BCUT2D eigenvalue weighted by Gasteiger charge is 2.11. The average molecular weight is 457 g/mol. The Labute approximate surface area is 157 Å². The third-order valence-electron chi connectivity index (χ3n) is 3.49. The average Bonchev–Trinajstić information content (AvgIpc) is 3.12. The molecule has 0 unspecified atom stereocenters. The van der Waals surface area contributed by atoms with Crippen LogP contribution in [0.15, 0.2) is 42.6 Å². The Kier molecular flexibility index (Phi) is 5.18. The SMILES string of the molecule is Cc1nc(CCC(=O)c2ccc(Cl)s2)cn1-c1ccc(I)cc1. The van der Waals surface area contributed by atoms with Crippen molar-refractivity contribution >= 4 is 51.3 Å². The van der Waals surface area contributed by atoms with Crippen LogP contribution in [0.25, 0.3) is 5.69 Å². The first-order valence-corrected chi connectivity index (χ1v) is 9.39. The summed E-state index contributed by atoms with van der Waals surface area (Å²) in [4.78, 5) is 17.4. The van der Waals surface area contributed by atoms with E-state index in [1.54, 1.807) is 12.1 Å². The van der Waals surface area contributed by atoms with E-state index in [4.69, 9.17) is 11.6 Å². The Morgan fingerprint density at radius 3 is 2.65 bits per heavy atom. The molecular formula is C17H14ClIN2OS. The molecule has 6 heteroatoms. The van der Waals surface area contributed by atoms with E-state index >= 15 is 0 Å². The lowest BCUT2D eigenvalue weighted by molar-refractivity contribution is 0.0986. The van der Waals surface area contributed by atoms with E-state index < -0.39 is 0 Å². The first-order valence-electron chi connectivity index (χ1n) is 7.12. The molecule has 3 aromatic rings. The smallest absolute Gasteiger partial charge is 0.173 e. The molecule has 0 fully saturated rings. The van der Waals surface area contributed by atoms with Gasteiger partial charge < -0.3 is 4.57 Å². The van der Waals surface area contributed by atoms with Crippen LogP contribution in [0.5, 0.6) is 0 Å². The summed E-state index contributed by atoms with van der Waals surface area (Å²) in [5.41, 5.74) is 2.01. The normalized spacial score (nSPS) is 10.9. The Morgan fingerprint density at radius 2 is 2.00 bits per heavy atom. The van der Waals surface area contributed by atoms with Crippen LogP contribution in [0.1, 0.15) is 27.6 Å². The van der Waals surface area contributed by atoms with Gasteiger partial charge in [-0.3, -0.25) is 4.79 Å². The van der Waals surface area contributed by atoms with Gasteiger partial charge in [0.2, 0.25) is 0 Å². The van der Waals surface area contributed by atoms with E-state index in [0.717, 1.165) is 17.2 Å². The van der Waals surface area contributed by atoms with Crippen molar-refractivity contribution in [3.05, 3.63) is 66.9 Å². The summed E-state index contributed by atoms with van der Waals surface area (Å²) in [6.07, 6.45) is 3.08. The van der Waals surface area contributed by atoms with Crippen LogP contribution >= 0.6 is 45.5 Å². The van der Waals surface area contributed by atoms with Crippen molar-refractivity contribution < 1.29 is 4.79 Å². The Hall–Kier alpha value is -1.18. The van der Waals surface area contributed by atoms with Gasteiger partial charge in [0.05, 0.1) is 14.9 Å². The molecule has 0 amide bonds. The second kappa shape index (κ2) is 7.15. The molecule has 0 aliphatic carbocycles. The molecule has 0 spiro atoms.